The first-order valence-electron chi connectivity index (χ1n) is 8.61. The number of carboxylic acid groups (broad SMARTS) is 1. The summed E-state index contributed by atoms with van der Waals surface area (Å²) in [4.78, 5) is 13.4. The molecule has 5 heteroatoms. The maximum Gasteiger partial charge on any atom is 0.335 e. The molecule has 25 heavy (non-hydrogen) atoms. The van der Waals surface area contributed by atoms with E-state index in [1.54, 1.807) is 25.3 Å². The van der Waals surface area contributed by atoms with Gasteiger partial charge >= 0.3 is 5.97 Å². The molecule has 5 nitrogen and oxygen atoms in total. The number of ether oxygens (including phenoxy) is 1. The van der Waals surface area contributed by atoms with Crippen LogP contribution in [0.4, 0.5) is 5.69 Å². The van der Waals surface area contributed by atoms with Gasteiger partial charge in [-0.2, -0.15) is 0 Å². The number of aromatic carboxylic acids is 1. The second-order valence-corrected chi connectivity index (χ2v) is 6.32. The number of anilines is 1. The van der Waals surface area contributed by atoms with Gasteiger partial charge in [-0.15, -0.1) is 0 Å². The first kappa shape index (κ1) is 17.3. The minimum absolute atomic E-state index is 0.338. The summed E-state index contributed by atoms with van der Waals surface area (Å²) in [5.74, 6) is 0.0337. The summed E-state index contributed by atoms with van der Waals surface area (Å²) in [5.41, 5.74) is 2.50. The second-order valence-electron chi connectivity index (χ2n) is 6.32. The third-order valence-corrected chi connectivity index (χ3v) is 4.69. The van der Waals surface area contributed by atoms with Gasteiger partial charge in [-0.3, -0.25) is 0 Å². The largest absolute Gasteiger partial charge is 0.495 e. The Balaban J connectivity index is 1.53. The van der Waals surface area contributed by atoms with E-state index in [9.17, 15) is 4.79 Å². The number of para-hydroxylation sites is 2. The molecule has 3 rings (SSSR count). The molecule has 1 aliphatic rings. The molecular formula is C20H24N2O3. The lowest BCUT2D eigenvalue weighted by Gasteiger charge is -2.34. The summed E-state index contributed by atoms with van der Waals surface area (Å²) in [6.07, 6.45) is 2.10. The lowest BCUT2D eigenvalue weighted by atomic mass is 10.0. The lowest BCUT2D eigenvalue weighted by molar-refractivity contribution is 0.0696. The van der Waals surface area contributed by atoms with E-state index in [1.807, 2.05) is 24.3 Å². The molecule has 0 radical (unpaired) electrons. The highest BCUT2D eigenvalue weighted by Gasteiger charge is 2.21. The standard InChI is InChI=1S/C20H24N2O3/c1-25-19-8-3-2-7-18(19)22-11-9-17(10-12-22)21-14-15-5-4-6-16(13-15)20(23)24/h2-8,13,17,21H,9-12,14H2,1H3,(H,23,24). The number of hydrogen-bond donors (Lipinski definition) is 2. The molecule has 0 atom stereocenters. The second kappa shape index (κ2) is 8.03. The van der Waals surface area contributed by atoms with Gasteiger partial charge in [-0.05, 0) is 42.7 Å². The average molecular weight is 340 g/mol. The van der Waals surface area contributed by atoms with Crippen molar-refractivity contribution in [3.63, 3.8) is 0 Å². The number of benzene rings is 2. The number of nitrogens with one attached hydrogen (secondary N) is 1. The molecule has 132 valence electrons. The Kier molecular flexibility index (Phi) is 5.56. The highest BCUT2D eigenvalue weighted by atomic mass is 16.5. The maximum atomic E-state index is 11.0. The van der Waals surface area contributed by atoms with Gasteiger partial charge in [0.15, 0.2) is 0 Å². The quantitative estimate of drug-likeness (QED) is 0.846. The van der Waals surface area contributed by atoms with E-state index < -0.39 is 5.97 Å². The number of carbonyl (C=O) groups is 1. The van der Waals surface area contributed by atoms with Crippen molar-refractivity contribution in [2.24, 2.45) is 0 Å². The highest BCUT2D eigenvalue weighted by molar-refractivity contribution is 5.87. The Morgan fingerprint density at radius 3 is 2.68 bits per heavy atom. The summed E-state index contributed by atoms with van der Waals surface area (Å²) >= 11 is 0. The van der Waals surface area contributed by atoms with Gasteiger partial charge in [-0.1, -0.05) is 24.3 Å². The van der Waals surface area contributed by atoms with E-state index >= 15 is 0 Å². The highest BCUT2D eigenvalue weighted by Crippen LogP contribution is 2.29. The summed E-state index contributed by atoms with van der Waals surface area (Å²) < 4.78 is 5.46. The fourth-order valence-electron chi connectivity index (χ4n) is 3.29. The Hall–Kier alpha value is -2.53. The third kappa shape index (κ3) is 4.31. The molecule has 0 aliphatic carbocycles. The van der Waals surface area contributed by atoms with Crippen LogP contribution in [0.1, 0.15) is 28.8 Å². The van der Waals surface area contributed by atoms with Crippen LogP contribution in [-0.2, 0) is 6.54 Å². The van der Waals surface area contributed by atoms with Crippen molar-refractivity contribution in [2.75, 3.05) is 25.1 Å². The predicted octanol–water partition coefficient (Wildman–Crippen LogP) is 3.15. The molecular weight excluding hydrogens is 316 g/mol. The molecule has 0 spiro atoms. The van der Waals surface area contributed by atoms with E-state index in [1.165, 1.54) is 0 Å². The third-order valence-electron chi connectivity index (χ3n) is 4.69. The molecule has 0 bridgehead atoms. The molecule has 1 saturated heterocycles. The number of piperidine rings is 1. The van der Waals surface area contributed by atoms with Crippen molar-refractivity contribution in [1.82, 2.24) is 5.32 Å². The zero-order chi connectivity index (χ0) is 17.6. The monoisotopic (exact) mass is 340 g/mol. The van der Waals surface area contributed by atoms with Gasteiger partial charge in [0.05, 0.1) is 18.4 Å². The van der Waals surface area contributed by atoms with Gasteiger partial charge in [0.25, 0.3) is 0 Å². The summed E-state index contributed by atoms with van der Waals surface area (Å²) in [6, 6.07) is 15.7. The molecule has 2 aromatic carbocycles. The Bertz CT molecular complexity index is 724. The summed E-state index contributed by atoms with van der Waals surface area (Å²) in [7, 11) is 1.71. The van der Waals surface area contributed by atoms with Crippen LogP contribution in [-0.4, -0.2) is 37.3 Å². The number of nitrogens with zero attached hydrogens (tertiary/aromatic N) is 1. The van der Waals surface area contributed by atoms with Gasteiger partial charge in [0.2, 0.25) is 0 Å². The topological polar surface area (TPSA) is 61.8 Å². The van der Waals surface area contributed by atoms with E-state index in [2.05, 4.69) is 16.3 Å². The Morgan fingerprint density at radius 2 is 1.96 bits per heavy atom. The summed E-state index contributed by atoms with van der Waals surface area (Å²) in [5, 5.41) is 12.6. The van der Waals surface area contributed by atoms with E-state index in [-0.39, 0.29) is 0 Å². The molecule has 2 N–H and O–H groups in total. The number of hydrogen-bond acceptors (Lipinski definition) is 4. The van der Waals surface area contributed by atoms with Gasteiger partial charge < -0.3 is 20.1 Å². The zero-order valence-corrected chi connectivity index (χ0v) is 14.4. The van der Waals surface area contributed by atoms with Crippen LogP contribution < -0.4 is 15.0 Å². The van der Waals surface area contributed by atoms with Gasteiger partial charge in [0, 0.05) is 25.7 Å². The van der Waals surface area contributed by atoms with Crippen molar-refractivity contribution < 1.29 is 14.6 Å². The van der Waals surface area contributed by atoms with E-state index in [4.69, 9.17) is 9.84 Å². The molecule has 1 heterocycles. The van der Waals surface area contributed by atoms with Gasteiger partial charge in [0.1, 0.15) is 5.75 Å². The number of carboxylic acids is 1. The van der Waals surface area contributed by atoms with Crippen LogP contribution in [0.25, 0.3) is 0 Å². The molecule has 0 aromatic heterocycles. The van der Waals surface area contributed by atoms with Crippen LogP contribution in [0.5, 0.6) is 5.75 Å². The van der Waals surface area contributed by atoms with Crippen LogP contribution in [0, 0.1) is 0 Å². The Morgan fingerprint density at radius 1 is 1.20 bits per heavy atom. The fraction of sp³-hybridized carbons (Fsp3) is 0.350. The predicted molar refractivity (Wildman–Crippen MR) is 98.5 cm³/mol. The first-order chi connectivity index (χ1) is 12.2. The lowest BCUT2D eigenvalue weighted by Crippen LogP contribution is -2.42. The molecule has 1 aliphatic heterocycles. The fourth-order valence-corrected chi connectivity index (χ4v) is 3.29. The Labute approximate surface area is 148 Å². The van der Waals surface area contributed by atoms with Crippen molar-refractivity contribution in [3.05, 3.63) is 59.7 Å². The SMILES string of the molecule is COc1ccccc1N1CCC(NCc2cccc(C(=O)O)c2)CC1. The molecule has 0 unspecified atom stereocenters. The number of methoxy groups -OCH3 is 1. The zero-order valence-electron chi connectivity index (χ0n) is 14.4. The molecule has 0 amide bonds. The molecule has 0 saturated carbocycles. The van der Waals surface area contributed by atoms with Crippen LogP contribution in [0.15, 0.2) is 48.5 Å². The molecule has 2 aromatic rings. The van der Waals surface area contributed by atoms with Crippen molar-refractivity contribution >= 4 is 11.7 Å². The first-order valence-corrected chi connectivity index (χ1v) is 8.61. The number of rotatable bonds is 6. The summed E-state index contributed by atoms with van der Waals surface area (Å²) in [6.45, 7) is 2.65. The van der Waals surface area contributed by atoms with Gasteiger partial charge in [-0.25, -0.2) is 4.79 Å². The van der Waals surface area contributed by atoms with Crippen molar-refractivity contribution in [1.29, 1.82) is 0 Å². The normalized spacial score (nSPS) is 15.2. The van der Waals surface area contributed by atoms with Crippen LogP contribution in [0.3, 0.4) is 0 Å². The average Bonchev–Trinajstić information content (AvgIpc) is 2.67. The maximum absolute atomic E-state index is 11.0. The van der Waals surface area contributed by atoms with Crippen molar-refractivity contribution in [2.45, 2.75) is 25.4 Å². The van der Waals surface area contributed by atoms with Crippen LogP contribution in [0.2, 0.25) is 0 Å². The minimum atomic E-state index is -0.882. The van der Waals surface area contributed by atoms with Crippen molar-refractivity contribution in [3.8, 4) is 5.75 Å². The smallest absolute Gasteiger partial charge is 0.335 e. The van der Waals surface area contributed by atoms with Crippen LogP contribution >= 0.6 is 0 Å². The molecule has 1 fully saturated rings. The minimum Gasteiger partial charge on any atom is -0.495 e. The van der Waals surface area contributed by atoms with E-state index in [0.717, 1.165) is 42.9 Å². The van der Waals surface area contributed by atoms with E-state index in [0.29, 0.717) is 18.2 Å².